The third-order valence-corrected chi connectivity index (χ3v) is 9.31. The molecule has 0 heterocycles. The molecule has 0 saturated heterocycles. The predicted octanol–water partition coefficient (Wildman–Crippen LogP) is 10.6. The molecule has 0 bridgehead atoms. The molecule has 2 unspecified atom stereocenters. The fraction of sp³-hybridized carbons (Fsp3) is 0.528. The minimum atomic E-state index is -0.459. The second-order valence-corrected chi connectivity index (χ2v) is 12.1. The lowest BCUT2D eigenvalue weighted by atomic mass is 9.53. The number of allylic oxidation sites excluding steroid dienone is 7. The van der Waals surface area contributed by atoms with Crippen molar-refractivity contribution >= 4 is 11.8 Å². The molecule has 0 aromatic heterocycles. The molecule has 2 fully saturated rings. The van der Waals surface area contributed by atoms with Crippen molar-refractivity contribution < 1.29 is 0 Å². The number of aryl methyl sites for hydroxylation is 2. The zero-order valence-corrected chi connectivity index (χ0v) is 25.6. The van der Waals surface area contributed by atoms with E-state index in [0.29, 0.717) is 0 Å². The van der Waals surface area contributed by atoms with Gasteiger partial charge in [-0.2, -0.15) is 5.26 Å². The maximum atomic E-state index is 10.5. The van der Waals surface area contributed by atoms with Crippen molar-refractivity contribution in [2.75, 3.05) is 5.75 Å². The average molecular weight is 528 g/mol. The van der Waals surface area contributed by atoms with Gasteiger partial charge >= 0.3 is 0 Å². The monoisotopic (exact) mass is 527 g/mol. The molecule has 3 rings (SSSR count). The summed E-state index contributed by atoms with van der Waals surface area (Å²) in [7, 11) is 0. The average Bonchev–Trinajstić information content (AvgIpc) is 3.45. The Hall–Kier alpha value is -2.42. The van der Waals surface area contributed by atoms with Crippen LogP contribution in [0.3, 0.4) is 0 Å². The van der Waals surface area contributed by atoms with Gasteiger partial charge in [-0.25, -0.2) is 0 Å². The van der Waals surface area contributed by atoms with Crippen LogP contribution in [0.5, 0.6) is 0 Å². The van der Waals surface area contributed by atoms with E-state index in [1.807, 2.05) is 24.8 Å². The van der Waals surface area contributed by atoms with Crippen LogP contribution in [-0.4, -0.2) is 5.75 Å². The third-order valence-electron chi connectivity index (χ3n) is 8.12. The molecule has 0 spiro atoms. The number of nitriles is 1. The van der Waals surface area contributed by atoms with E-state index in [0.717, 1.165) is 30.9 Å². The van der Waals surface area contributed by atoms with Gasteiger partial charge in [-0.1, -0.05) is 81.0 Å². The lowest BCUT2D eigenvalue weighted by Crippen LogP contribution is -2.46. The van der Waals surface area contributed by atoms with Gasteiger partial charge in [0, 0.05) is 5.92 Å². The number of thioether (sulfide) groups is 1. The van der Waals surface area contributed by atoms with Crippen molar-refractivity contribution in [2.24, 2.45) is 11.8 Å². The summed E-state index contributed by atoms with van der Waals surface area (Å²) in [4.78, 5) is 1.41. The van der Waals surface area contributed by atoms with Gasteiger partial charge in [0.05, 0.1) is 11.5 Å². The van der Waals surface area contributed by atoms with Gasteiger partial charge in [0.25, 0.3) is 0 Å². The van der Waals surface area contributed by atoms with Crippen LogP contribution in [0.2, 0.25) is 0 Å². The van der Waals surface area contributed by atoms with Gasteiger partial charge in [-0.05, 0) is 111 Å². The van der Waals surface area contributed by atoms with Crippen molar-refractivity contribution in [3.63, 3.8) is 0 Å². The highest BCUT2D eigenvalue weighted by molar-refractivity contribution is 8.03. The Morgan fingerprint density at radius 1 is 1.18 bits per heavy atom. The largest absolute Gasteiger partial charge is 0.197 e. The number of rotatable bonds is 10. The molecule has 1 nitrogen and oxygen atoms in total. The fourth-order valence-corrected chi connectivity index (χ4v) is 6.52. The summed E-state index contributed by atoms with van der Waals surface area (Å²) in [6.07, 6.45) is 19.3. The Kier molecular flexibility index (Phi) is 13.8. The van der Waals surface area contributed by atoms with Crippen LogP contribution in [0.25, 0.3) is 0 Å². The Morgan fingerprint density at radius 3 is 2.47 bits per heavy atom. The summed E-state index contributed by atoms with van der Waals surface area (Å²) in [5.41, 5.74) is 5.92. The van der Waals surface area contributed by atoms with Gasteiger partial charge in [0.2, 0.25) is 0 Å². The summed E-state index contributed by atoms with van der Waals surface area (Å²) in [5.74, 6) is 8.33. The van der Waals surface area contributed by atoms with Gasteiger partial charge in [0.1, 0.15) is 0 Å². The molecule has 204 valence electrons. The normalized spacial score (nSPS) is 22.6. The zero-order valence-electron chi connectivity index (χ0n) is 24.8. The van der Waals surface area contributed by atoms with Crippen LogP contribution in [0.1, 0.15) is 102 Å². The van der Waals surface area contributed by atoms with Crippen LogP contribution in [0.4, 0.5) is 0 Å². The zero-order chi connectivity index (χ0) is 28.0. The quantitative estimate of drug-likeness (QED) is 0.131. The predicted molar refractivity (Wildman–Crippen MR) is 169 cm³/mol. The van der Waals surface area contributed by atoms with E-state index < -0.39 is 5.41 Å². The molecule has 2 heteroatoms. The Balaban J connectivity index is 0.000000624. The molecule has 0 amide bonds. The summed E-state index contributed by atoms with van der Waals surface area (Å²) in [5, 5.41) is 10.5. The maximum Gasteiger partial charge on any atom is 0.0928 e. The van der Waals surface area contributed by atoms with Crippen molar-refractivity contribution in [1.29, 1.82) is 5.26 Å². The molecule has 1 aromatic rings. The first-order valence-electron chi connectivity index (χ1n) is 14.6. The van der Waals surface area contributed by atoms with Crippen LogP contribution < -0.4 is 0 Å². The number of hydrogen-bond acceptors (Lipinski definition) is 2. The number of benzene rings is 1. The van der Waals surface area contributed by atoms with Gasteiger partial charge in [0.15, 0.2) is 0 Å². The smallest absolute Gasteiger partial charge is 0.0928 e. The standard InChI is InChI=1S/C29H37NS.C7H12/c1-7-10-13-25(14-11-8-2)19-28-27(24(6)31-17-12-9-3)20-29(28,21-30)26-16-15-22(4)23(5)18-26;1-2-7-5-3-4-6-7/h10,13-16,18,28H,7,9,12,17,19-20H2,1-6H3;2,7H,1,3-6H2/b13-10-,25-14+,27-24-;. The molecule has 2 aliphatic rings. The van der Waals surface area contributed by atoms with Gasteiger partial charge in [-0.15, -0.1) is 24.3 Å². The van der Waals surface area contributed by atoms with Crippen LogP contribution in [-0.2, 0) is 5.41 Å². The second kappa shape index (κ2) is 16.5. The first-order chi connectivity index (χ1) is 18.4. The minimum Gasteiger partial charge on any atom is -0.197 e. The van der Waals surface area contributed by atoms with E-state index in [2.05, 4.69) is 95.5 Å². The molecule has 0 radical (unpaired) electrons. The first kappa shape index (κ1) is 31.8. The van der Waals surface area contributed by atoms with Crippen LogP contribution in [0.15, 0.2) is 65.1 Å². The lowest BCUT2D eigenvalue weighted by Gasteiger charge is -2.49. The van der Waals surface area contributed by atoms with Crippen LogP contribution >= 0.6 is 11.8 Å². The molecular formula is C36H49NS. The highest BCUT2D eigenvalue weighted by atomic mass is 32.2. The van der Waals surface area contributed by atoms with E-state index >= 15 is 0 Å². The number of hydrogen-bond donors (Lipinski definition) is 0. The third kappa shape index (κ3) is 8.55. The molecule has 38 heavy (non-hydrogen) atoms. The molecule has 2 saturated carbocycles. The summed E-state index contributed by atoms with van der Waals surface area (Å²) in [6.45, 7) is 16.5. The van der Waals surface area contributed by atoms with Crippen molar-refractivity contribution in [2.45, 2.75) is 105 Å². The fourth-order valence-electron chi connectivity index (χ4n) is 5.38. The molecular weight excluding hydrogens is 478 g/mol. The Morgan fingerprint density at radius 2 is 1.92 bits per heavy atom. The van der Waals surface area contributed by atoms with Crippen molar-refractivity contribution in [3.8, 4) is 17.9 Å². The molecule has 1 aromatic carbocycles. The summed E-state index contributed by atoms with van der Waals surface area (Å²) in [6, 6.07) is 9.34. The Labute approximate surface area is 238 Å². The minimum absolute atomic E-state index is 0.195. The van der Waals surface area contributed by atoms with Crippen molar-refractivity contribution in [3.05, 3.63) is 81.8 Å². The van der Waals surface area contributed by atoms with E-state index in [4.69, 9.17) is 0 Å². The Bertz CT molecular complexity index is 1110. The van der Waals surface area contributed by atoms with Gasteiger partial charge < -0.3 is 0 Å². The summed E-state index contributed by atoms with van der Waals surface area (Å²) >= 11 is 1.97. The SMILES string of the molecule is C=CC1CCCC1.CC#C/C=C(\C=C/CC)CC1/C(=C(/C)SCCCC)CC1(C#N)c1ccc(C)c(C)c1. The molecule has 0 N–H and O–H groups in total. The van der Waals surface area contributed by atoms with Crippen LogP contribution in [0, 0.1) is 48.9 Å². The summed E-state index contributed by atoms with van der Waals surface area (Å²) < 4.78 is 0. The van der Waals surface area contributed by atoms with E-state index in [1.54, 1.807) is 0 Å². The molecule has 2 atom stereocenters. The topological polar surface area (TPSA) is 23.8 Å². The number of unbranched alkanes of at least 4 members (excludes halogenated alkanes) is 1. The van der Waals surface area contributed by atoms with E-state index in [1.165, 1.54) is 71.3 Å². The van der Waals surface area contributed by atoms with Gasteiger partial charge in [-0.3, -0.25) is 0 Å². The number of nitrogens with zero attached hydrogens (tertiary/aromatic N) is 1. The lowest BCUT2D eigenvalue weighted by molar-refractivity contribution is 0.278. The van der Waals surface area contributed by atoms with E-state index in [9.17, 15) is 5.26 Å². The maximum absolute atomic E-state index is 10.5. The van der Waals surface area contributed by atoms with E-state index in [-0.39, 0.29) is 5.92 Å². The van der Waals surface area contributed by atoms with Crippen molar-refractivity contribution in [1.82, 2.24) is 0 Å². The highest BCUT2D eigenvalue weighted by Crippen LogP contribution is 2.57. The molecule has 0 aliphatic heterocycles. The first-order valence-corrected chi connectivity index (χ1v) is 15.6. The molecule has 2 aliphatic carbocycles. The highest BCUT2D eigenvalue weighted by Gasteiger charge is 2.52. The second-order valence-electron chi connectivity index (χ2n) is 10.8.